The van der Waals surface area contributed by atoms with Gasteiger partial charge in [-0.1, -0.05) is 6.07 Å². The van der Waals surface area contributed by atoms with E-state index in [1.807, 2.05) is 35.4 Å². The SMILES string of the molecule is COc1ccc(-c2ccc3nc(Cc4cc(CN5CCN(C(=O)C6CC6)CC5)ccn4)[nH]c3c2)nn1. The van der Waals surface area contributed by atoms with Crippen molar-refractivity contribution in [3.63, 3.8) is 0 Å². The second kappa shape index (κ2) is 9.66. The summed E-state index contributed by atoms with van der Waals surface area (Å²) in [4.78, 5) is 29.5. The Bertz CT molecular complexity index is 1370. The van der Waals surface area contributed by atoms with E-state index in [2.05, 4.69) is 37.2 Å². The van der Waals surface area contributed by atoms with Crippen molar-refractivity contribution in [1.82, 2.24) is 34.9 Å². The monoisotopic (exact) mass is 483 g/mol. The lowest BCUT2D eigenvalue weighted by Crippen LogP contribution is -2.48. The van der Waals surface area contributed by atoms with Crippen molar-refractivity contribution < 1.29 is 9.53 Å². The van der Waals surface area contributed by atoms with Gasteiger partial charge in [-0.15, -0.1) is 10.2 Å². The molecule has 1 aliphatic carbocycles. The number of H-pyrrole nitrogens is 1. The number of hydrogen-bond acceptors (Lipinski definition) is 7. The molecule has 9 heteroatoms. The number of aromatic nitrogens is 5. The van der Waals surface area contributed by atoms with Crippen LogP contribution in [0.1, 0.15) is 29.9 Å². The Balaban J connectivity index is 1.10. The van der Waals surface area contributed by atoms with E-state index in [0.717, 1.165) is 79.4 Å². The first-order chi connectivity index (χ1) is 17.6. The predicted molar refractivity (Wildman–Crippen MR) is 135 cm³/mol. The first kappa shape index (κ1) is 22.6. The highest BCUT2D eigenvalue weighted by Gasteiger charge is 2.34. The van der Waals surface area contributed by atoms with Crippen LogP contribution in [0, 0.1) is 5.92 Å². The molecule has 9 nitrogen and oxygen atoms in total. The molecule has 1 saturated carbocycles. The molecule has 6 rings (SSSR count). The highest BCUT2D eigenvalue weighted by atomic mass is 16.5. The van der Waals surface area contributed by atoms with Crippen molar-refractivity contribution in [3.05, 3.63) is 65.7 Å². The van der Waals surface area contributed by atoms with Gasteiger partial charge < -0.3 is 14.6 Å². The van der Waals surface area contributed by atoms with Gasteiger partial charge >= 0.3 is 0 Å². The number of hydrogen-bond donors (Lipinski definition) is 1. The summed E-state index contributed by atoms with van der Waals surface area (Å²) in [6.45, 7) is 4.36. The number of carbonyl (C=O) groups is 1. The maximum Gasteiger partial charge on any atom is 0.233 e. The molecular formula is C27H29N7O2. The van der Waals surface area contributed by atoms with Crippen LogP contribution in [0.15, 0.2) is 48.7 Å². The Morgan fingerprint density at radius 3 is 2.67 bits per heavy atom. The first-order valence-electron chi connectivity index (χ1n) is 12.5. The normalized spacial score (nSPS) is 16.4. The van der Waals surface area contributed by atoms with E-state index in [1.165, 1.54) is 5.56 Å². The van der Waals surface area contributed by atoms with Gasteiger partial charge in [0.05, 0.1) is 23.8 Å². The summed E-state index contributed by atoms with van der Waals surface area (Å²) in [5, 5.41) is 8.30. The lowest BCUT2D eigenvalue weighted by atomic mass is 10.1. The molecule has 184 valence electrons. The summed E-state index contributed by atoms with van der Waals surface area (Å²) in [5.74, 6) is 2.03. The van der Waals surface area contributed by atoms with E-state index in [4.69, 9.17) is 9.72 Å². The first-order valence-corrected chi connectivity index (χ1v) is 12.5. The number of methoxy groups -OCH3 is 1. The molecule has 4 aromatic rings. The van der Waals surface area contributed by atoms with E-state index in [0.29, 0.717) is 24.1 Å². The minimum absolute atomic E-state index is 0.306. The Morgan fingerprint density at radius 1 is 1.06 bits per heavy atom. The molecule has 1 saturated heterocycles. The van der Waals surface area contributed by atoms with Gasteiger partial charge in [0.2, 0.25) is 11.8 Å². The molecule has 2 fully saturated rings. The Kier molecular flexibility index (Phi) is 6.06. The number of aromatic amines is 1. The number of piperazine rings is 1. The Labute approximate surface area is 209 Å². The third-order valence-corrected chi connectivity index (χ3v) is 6.92. The molecule has 0 atom stereocenters. The quantitative estimate of drug-likeness (QED) is 0.431. The van der Waals surface area contributed by atoms with Crippen LogP contribution in [0.4, 0.5) is 0 Å². The fraction of sp³-hybridized carbons (Fsp3) is 0.370. The summed E-state index contributed by atoms with van der Waals surface area (Å²) in [6.07, 6.45) is 4.65. The number of pyridine rings is 1. The molecule has 0 radical (unpaired) electrons. The second-order valence-electron chi connectivity index (χ2n) is 9.58. The smallest absolute Gasteiger partial charge is 0.233 e. The van der Waals surface area contributed by atoms with Crippen molar-refractivity contribution in [2.24, 2.45) is 5.92 Å². The Hall–Kier alpha value is -3.85. The molecule has 0 bridgehead atoms. The number of benzene rings is 1. The standard InChI is InChI=1S/C27H29N7O2/c1-36-26-7-6-22(31-32-26)20-4-5-23-24(15-20)30-25(29-23)16-21-14-18(8-9-28-21)17-33-10-12-34(13-11-33)27(35)19-2-3-19/h4-9,14-15,19H,2-3,10-13,16-17H2,1H3,(H,29,30). The second-order valence-corrected chi connectivity index (χ2v) is 9.58. The zero-order valence-electron chi connectivity index (χ0n) is 20.4. The number of carbonyl (C=O) groups excluding carboxylic acids is 1. The maximum absolute atomic E-state index is 12.3. The van der Waals surface area contributed by atoms with Gasteiger partial charge in [-0.3, -0.25) is 14.7 Å². The van der Waals surface area contributed by atoms with E-state index in [1.54, 1.807) is 13.2 Å². The summed E-state index contributed by atoms with van der Waals surface area (Å²) in [7, 11) is 1.58. The zero-order chi connectivity index (χ0) is 24.5. The predicted octanol–water partition coefficient (Wildman–Crippen LogP) is 3.07. The summed E-state index contributed by atoms with van der Waals surface area (Å²) in [6, 6.07) is 14.0. The van der Waals surface area contributed by atoms with Crippen LogP contribution in [-0.4, -0.2) is 74.1 Å². The van der Waals surface area contributed by atoms with E-state index < -0.39 is 0 Å². The van der Waals surface area contributed by atoms with Crippen molar-refractivity contribution in [1.29, 1.82) is 0 Å². The van der Waals surface area contributed by atoms with Crippen LogP contribution in [0.25, 0.3) is 22.3 Å². The maximum atomic E-state index is 12.3. The minimum atomic E-state index is 0.306. The van der Waals surface area contributed by atoms with Gasteiger partial charge in [-0.05, 0) is 48.7 Å². The average Bonchev–Trinajstić information content (AvgIpc) is 3.69. The molecule has 0 unspecified atom stereocenters. The fourth-order valence-corrected chi connectivity index (χ4v) is 4.76. The lowest BCUT2D eigenvalue weighted by molar-refractivity contribution is -0.134. The number of fused-ring (bicyclic) bond motifs is 1. The van der Waals surface area contributed by atoms with Crippen LogP contribution >= 0.6 is 0 Å². The third kappa shape index (κ3) is 4.92. The number of ether oxygens (including phenoxy) is 1. The minimum Gasteiger partial charge on any atom is -0.480 e. The van der Waals surface area contributed by atoms with E-state index in [-0.39, 0.29) is 0 Å². The molecular weight excluding hydrogens is 454 g/mol. The average molecular weight is 484 g/mol. The van der Waals surface area contributed by atoms with Crippen LogP contribution in [0.5, 0.6) is 5.88 Å². The van der Waals surface area contributed by atoms with E-state index in [9.17, 15) is 4.79 Å². The van der Waals surface area contributed by atoms with Crippen LogP contribution in [-0.2, 0) is 17.8 Å². The number of imidazole rings is 1. The van der Waals surface area contributed by atoms with Crippen molar-refractivity contribution >= 4 is 16.9 Å². The summed E-state index contributed by atoms with van der Waals surface area (Å²) >= 11 is 0. The van der Waals surface area contributed by atoms with Gasteiger partial charge in [0.25, 0.3) is 0 Å². The largest absolute Gasteiger partial charge is 0.480 e. The molecule has 4 heterocycles. The lowest BCUT2D eigenvalue weighted by Gasteiger charge is -2.35. The molecule has 1 aromatic carbocycles. The molecule has 0 spiro atoms. The molecule has 36 heavy (non-hydrogen) atoms. The molecule has 2 aliphatic rings. The van der Waals surface area contributed by atoms with Crippen LogP contribution in [0.2, 0.25) is 0 Å². The highest BCUT2D eigenvalue weighted by Crippen LogP contribution is 2.31. The topological polar surface area (TPSA) is 100 Å². The number of nitrogens with zero attached hydrogens (tertiary/aromatic N) is 6. The summed E-state index contributed by atoms with van der Waals surface area (Å²) in [5.41, 5.74) is 5.82. The van der Waals surface area contributed by atoms with Gasteiger partial charge in [-0.25, -0.2) is 4.98 Å². The van der Waals surface area contributed by atoms with Gasteiger partial charge in [0.1, 0.15) is 5.82 Å². The van der Waals surface area contributed by atoms with Crippen LogP contribution in [0.3, 0.4) is 0 Å². The third-order valence-electron chi connectivity index (χ3n) is 6.92. The molecule has 3 aromatic heterocycles. The molecule has 1 N–H and O–H groups in total. The van der Waals surface area contributed by atoms with Crippen molar-refractivity contribution in [2.45, 2.75) is 25.8 Å². The Morgan fingerprint density at radius 2 is 1.92 bits per heavy atom. The molecule has 1 amide bonds. The van der Waals surface area contributed by atoms with E-state index >= 15 is 0 Å². The van der Waals surface area contributed by atoms with Gasteiger partial charge in [-0.2, -0.15) is 0 Å². The van der Waals surface area contributed by atoms with Gasteiger partial charge in [0.15, 0.2) is 0 Å². The summed E-state index contributed by atoms with van der Waals surface area (Å²) < 4.78 is 5.10. The van der Waals surface area contributed by atoms with Crippen molar-refractivity contribution in [3.8, 4) is 17.1 Å². The molecule has 1 aliphatic heterocycles. The number of rotatable bonds is 7. The van der Waals surface area contributed by atoms with Crippen molar-refractivity contribution in [2.75, 3.05) is 33.3 Å². The number of amides is 1. The van der Waals surface area contributed by atoms with Crippen LogP contribution < -0.4 is 4.74 Å². The zero-order valence-corrected chi connectivity index (χ0v) is 20.4. The highest BCUT2D eigenvalue weighted by molar-refractivity contribution is 5.81. The fourth-order valence-electron chi connectivity index (χ4n) is 4.76. The van der Waals surface area contributed by atoms with Gasteiger partial charge in [0, 0.05) is 68.6 Å². The number of nitrogens with one attached hydrogen (secondary N) is 1.